The number of nitrogens with two attached hydrogens (primary N) is 1. The number of hydrogen-bond donors (Lipinski definition) is 1. The number of aryl methyl sites for hydroxylation is 1. The molecule has 0 spiro atoms. The van der Waals surface area contributed by atoms with Crippen molar-refractivity contribution in [2.45, 2.75) is 39.2 Å². The molecule has 0 amide bonds. The molecule has 2 N–H and O–H groups in total. The fourth-order valence-electron chi connectivity index (χ4n) is 2.64. The molecule has 0 radical (unpaired) electrons. The summed E-state index contributed by atoms with van der Waals surface area (Å²) in [6.45, 7) is 8.46. The summed E-state index contributed by atoms with van der Waals surface area (Å²) in [6, 6.07) is 6.83. The van der Waals surface area contributed by atoms with Gasteiger partial charge in [-0.15, -0.1) is 0 Å². The van der Waals surface area contributed by atoms with Crippen molar-refractivity contribution < 1.29 is 9.47 Å². The summed E-state index contributed by atoms with van der Waals surface area (Å²) in [5.74, 6) is 0.976. The van der Waals surface area contributed by atoms with Crippen molar-refractivity contribution in [3.63, 3.8) is 0 Å². The van der Waals surface area contributed by atoms with Crippen LogP contribution in [0.5, 0.6) is 5.75 Å². The lowest BCUT2D eigenvalue weighted by molar-refractivity contribution is 0.130. The molecule has 0 aromatic heterocycles. The Hall–Kier alpha value is -1.26. The predicted molar refractivity (Wildman–Crippen MR) is 87.2 cm³/mol. The Bertz CT molecular complexity index is 429. The van der Waals surface area contributed by atoms with E-state index in [-0.39, 0.29) is 0 Å². The molecule has 1 fully saturated rings. The molecule has 2 rings (SSSR count). The first-order valence-corrected chi connectivity index (χ1v) is 8.02. The highest BCUT2D eigenvalue weighted by atomic mass is 16.5. The molecule has 0 unspecified atom stereocenters. The van der Waals surface area contributed by atoms with Crippen LogP contribution in [-0.2, 0) is 4.74 Å². The van der Waals surface area contributed by atoms with Crippen LogP contribution in [0.1, 0.15) is 31.7 Å². The molecule has 1 aliphatic rings. The highest BCUT2D eigenvalue weighted by molar-refractivity contribution is 5.53. The van der Waals surface area contributed by atoms with Crippen molar-refractivity contribution in [3.05, 3.63) is 23.8 Å². The zero-order valence-electron chi connectivity index (χ0n) is 13.3. The van der Waals surface area contributed by atoms with Crippen LogP contribution >= 0.6 is 0 Å². The number of rotatable bonds is 7. The van der Waals surface area contributed by atoms with Gasteiger partial charge in [-0.3, -0.25) is 0 Å². The third-order valence-corrected chi connectivity index (χ3v) is 3.96. The molecule has 118 valence electrons. The van der Waals surface area contributed by atoms with Gasteiger partial charge in [0.1, 0.15) is 5.75 Å². The van der Waals surface area contributed by atoms with Crippen LogP contribution in [0.3, 0.4) is 0 Å². The number of anilines is 1. The van der Waals surface area contributed by atoms with E-state index in [1.54, 1.807) is 0 Å². The van der Waals surface area contributed by atoms with Crippen LogP contribution in [0.4, 0.5) is 5.69 Å². The van der Waals surface area contributed by atoms with Crippen LogP contribution < -0.4 is 15.4 Å². The maximum absolute atomic E-state index is 5.96. The van der Waals surface area contributed by atoms with Crippen molar-refractivity contribution in [2.24, 2.45) is 5.73 Å². The van der Waals surface area contributed by atoms with E-state index >= 15 is 0 Å². The standard InChI is InChI=1S/C17H28N2O2/c1-3-20-11-4-12-21-17-6-5-16(13-14(17)2)19-9-7-15(18)8-10-19/h5-6,13,15H,3-4,7-12,18H2,1-2H3. The Kier molecular flexibility index (Phi) is 6.33. The molecule has 0 saturated carbocycles. The Morgan fingerprint density at radius 3 is 2.67 bits per heavy atom. The molecule has 1 aliphatic heterocycles. The van der Waals surface area contributed by atoms with Crippen molar-refractivity contribution >= 4 is 5.69 Å². The maximum Gasteiger partial charge on any atom is 0.122 e. The topological polar surface area (TPSA) is 47.7 Å². The van der Waals surface area contributed by atoms with E-state index in [0.29, 0.717) is 12.6 Å². The summed E-state index contributed by atoms with van der Waals surface area (Å²) >= 11 is 0. The van der Waals surface area contributed by atoms with E-state index in [9.17, 15) is 0 Å². The van der Waals surface area contributed by atoms with Gasteiger partial charge in [-0.1, -0.05) is 0 Å². The maximum atomic E-state index is 5.96. The van der Waals surface area contributed by atoms with Gasteiger partial charge in [0.2, 0.25) is 0 Å². The Labute approximate surface area is 128 Å². The molecule has 4 nitrogen and oxygen atoms in total. The SMILES string of the molecule is CCOCCCOc1ccc(N2CCC(N)CC2)cc1C. The molecule has 1 heterocycles. The molecule has 0 bridgehead atoms. The van der Waals surface area contributed by atoms with Crippen molar-refractivity contribution in [1.29, 1.82) is 0 Å². The van der Waals surface area contributed by atoms with Crippen molar-refractivity contribution in [2.75, 3.05) is 37.8 Å². The minimum Gasteiger partial charge on any atom is -0.493 e. The van der Waals surface area contributed by atoms with Crippen LogP contribution in [-0.4, -0.2) is 39.0 Å². The van der Waals surface area contributed by atoms with Crippen molar-refractivity contribution in [3.8, 4) is 5.75 Å². The van der Waals surface area contributed by atoms with E-state index in [1.807, 2.05) is 6.92 Å². The number of ether oxygens (including phenoxy) is 2. The third-order valence-electron chi connectivity index (χ3n) is 3.96. The van der Waals surface area contributed by atoms with Crippen LogP contribution in [0.2, 0.25) is 0 Å². The van der Waals surface area contributed by atoms with E-state index in [1.165, 1.54) is 11.3 Å². The molecular weight excluding hydrogens is 264 g/mol. The van der Waals surface area contributed by atoms with E-state index in [0.717, 1.165) is 51.3 Å². The number of piperidine rings is 1. The predicted octanol–water partition coefficient (Wildman–Crippen LogP) is 2.73. The average molecular weight is 292 g/mol. The van der Waals surface area contributed by atoms with Gasteiger partial charge in [-0.25, -0.2) is 0 Å². The molecule has 0 aliphatic carbocycles. The zero-order valence-corrected chi connectivity index (χ0v) is 13.3. The van der Waals surface area contributed by atoms with Gasteiger partial charge in [0.05, 0.1) is 6.61 Å². The quantitative estimate of drug-likeness (QED) is 0.785. The summed E-state index contributed by atoms with van der Waals surface area (Å²) in [7, 11) is 0. The molecule has 1 saturated heterocycles. The van der Waals surface area contributed by atoms with Gasteiger partial charge in [-0.05, 0) is 50.5 Å². The fraction of sp³-hybridized carbons (Fsp3) is 0.647. The first-order valence-electron chi connectivity index (χ1n) is 8.02. The summed E-state index contributed by atoms with van der Waals surface area (Å²) < 4.78 is 11.1. The van der Waals surface area contributed by atoms with E-state index in [4.69, 9.17) is 15.2 Å². The lowest BCUT2D eigenvalue weighted by atomic mass is 10.0. The van der Waals surface area contributed by atoms with E-state index in [2.05, 4.69) is 30.0 Å². The van der Waals surface area contributed by atoms with Crippen LogP contribution in [0.25, 0.3) is 0 Å². The molecule has 21 heavy (non-hydrogen) atoms. The lowest BCUT2D eigenvalue weighted by Crippen LogP contribution is -2.39. The normalized spacial score (nSPS) is 16.2. The van der Waals surface area contributed by atoms with Gasteiger partial charge in [0.15, 0.2) is 0 Å². The third kappa shape index (κ3) is 4.90. The Morgan fingerprint density at radius 2 is 2.00 bits per heavy atom. The second kappa shape index (κ2) is 8.25. The summed E-state index contributed by atoms with van der Waals surface area (Å²) in [4.78, 5) is 2.41. The first-order chi connectivity index (χ1) is 10.2. The number of benzene rings is 1. The molecule has 4 heteroatoms. The number of nitrogens with zero attached hydrogens (tertiary/aromatic N) is 1. The van der Waals surface area contributed by atoms with Crippen molar-refractivity contribution in [1.82, 2.24) is 0 Å². The number of hydrogen-bond acceptors (Lipinski definition) is 4. The largest absolute Gasteiger partial charge is 0.493 e. The van der Waals surface area contributed by atoms with Gasteiger partial charge in [0.25, 0.3) is 0 Å². The smallest absolute Gasteiger partial charge is 0.122 e. The first kappa shape index (κ1) is 16.1. The zero-order chi connectivity index (χ0) is 15.1. The Morgan fingerprint density at radius 1 is 1.24 bits per heavy atom. The minimum atomic E-state index is 0.371. The van der Waals surface area contributed by atoms with Gasteiger partial charge < -0.3 is 20.1 Å². The van der Waals surface area contributed by atoms with Gasteiger partial charge >= 0.3 is 0 Å². The lowest BCUT2D eigenvalue weighted by Gasteiger charge is -2.32. The Balaban J connectivity index is 1.85. The van der Waals surface area contributed by atoms with Crippen LogP contribution in [0, 0.1) is 6.92 Å². The fourth-order valence-corrected chi connectivity index (χ4v) is 2.64. The highest BCUT2D eigenvalue weighted by Crippen LogP contribution is 2.26. The average Bonchev–Trinajstić information content (AvgIpc) is 2.49. The van der Waals surface area contributed by atoms with Crippen LogP contribution in [0.15, 0.2) is 18.2 Å². The van der Waals surface area contributed by atoms with E-state index < -0.39 is 0 Å². The monoisotopic (exact) mass is 292 g/mol. The van der Waals surface area contributed by atoms with Gasteiger partial charge in [0, 0.05) is 44.5 Å². The summed E-state index contributed by atoms with van der Waals surface area (Å²) in [6.07, 6.45) is 3.09. The molecule has 1 aromatic carbocycles. The molecule has 0 atom stereocenters. The summed E-state index contributed by atoms with van der Waals surface area (Å²) in [5, 5.41) is 0. The molecule has 1 aromatic rings. The minimum absolute atomic E-state index is 0.371. The highest BCUT2D eigenvalue weighted by Gasteiger charge is 2.16. The second-order valence-corrected chi connectivity index (χ2v) is 5.67. The van der Waals surface area contributed by atoms with Gasteiger partial charge in [-0.2, -0.15) is 0 Å². The summed E-state index contributed by atoms with van der Waals surface area (Å²) in [5.41, 5.74) is 8.43. The molecular formula is C17H28N2O2. The second-order valence-electron chi connectivity index (χ2n) is 5.67.